The van der Waals surface area contributed by atoms with E-state index in [2.05, 4.69) is 66.9 Å². The third-order valence-corrected chi connectivity index (χ3v) is 30.7. The minimum atomic E-state index is -2.67. The predicted molar refractivity (Wildman–Crippen MR) is 144 cm³/mol. The van der Waals surface area contributed by atoms with Gasteiger partial charge in [-0.15, -0.1) is 0 Å². The number of carbonyl (C=O) groups is 1. The van der Waals surface area contributed by atoms with Gasteiger partial charge < -0.3 is 0 Å². The van der Waals surface area contributed by atoms with Crippen LogP contribution in [0.25, 0.3) is 0 Å². The molecule has 0 spiro atoms. The molecule has 0 amide bonds. The van der Waals surface area contributed by atoms with Crippen molar-refractivity contribution in [2.24, 2.45) is 0 Å². The molecule has 190 valence electrons. The van der Waals surface area contributed by atoms with E-state index in [1.165, 1.54) is 51.8 Å². The van der Waals surface area contributed by atoms with Gasteiger partial charge in [0.05, 0.1) is 0 Å². The van der Waals surface area contributed by atoms with E-state index < -0.39 is 26.7 Å². The van der Waals surface area contributed by atoms with Crippen LogP contribution < -0.4 is 5.32 Å². The molecule has 1 aliphatic heterocycles. The van der Waals surface area contributed by atoms with Crippen LogP contribution in [0.1, 0.15) is 93.9 Å². The van der Waals surface area contributed by atoms with Crippen LogP contribution in [0.2, 0.25) is 35.4 Å². The molecule has 6 heteroatoms. The predicted octanol–water partition coefficient (Wildman–Crippen LogP) is 7.52. The monoisotopic (exact) mass is 577 g/mol. The number of unbranched alkanes of at least 4 members (excludes halogenated alkanes) is 3. The first-order chi connectivity index (χ1) is 14.9. The summed E-state index contributed by atoms with van der Waals surface area (Å²) in [6, 6.07) is 0.0190. The molecule has 0 bridgehead atoms. The van der Waals surface area contributed by atoms with Crippen molar-refractivity contribution in [2.45, 2.75) is 147 Å². The van der Waals surface area contributed by atoms with E-state index in [-0.39, 0.29) is 23.2 Å². The topological polar surface area (TPSA) is 47.6 Å². The Morgan fingerprint density at radius 2 is 1.41 bits per heavy atom. The van der Waals surface area contributed by atoms with Crippen LogP contribution in [0, 0.1) is 0 Å². The summed E-state index contributed by atoms with van der Waals surface area (Å²) in [5.74, 6) is -0.104. The molecule has 1 saturated heterocycles. The Morgan fingerprint density at radius 3 is 1.78 bits per heavy atom. The molecule has 1 rings (SSSR count). The van der Waals surface area contributed by atoms with Crippen molar-refractivity contribution in [1.82, 2.24) is 5.32 Å². The van der Waals surface area contributed by atoms with Gasteiger partial charge in [0, 0.05) is 0 Å². The Hall–Kier alpha value is 0.406. The average Bonchev–Trinajstić information content (AvgIpc) is 3.03. The summed E-state index contributed by atoms with van der Waals surface area (Å²) in [7, 11) is -2.04. The Balaban J connectivity index is 3.52. The summed E-state index contributed by atoms with van der Waals surface area (Å²) >= 11 is -2.67. The summed E-state index contributed by atoms with van der Waals surface area (Å²) in [5, 5.41) is 3.84. The number of hydrogen-bond acceptors (Lipinski definition) is 4. The molecule has 0 aliphatic carbocycles. The third kappa shape index (κ3) is 7.71. The fraction of sp³-hybridized carbons (Fsp3) is 0.962. The second kappa shape index (κ2) is 13.5. The SMILES string of the molecule is CCC[CH2][Sn]([CH2]CCC)([CH2]CCC)[CH]1C(C)NC(C(=O)OCC)C1O[Si](C)(C)C(C)(C)C. The summed E-state index contributed by atoms with van der Waals surface area (Å²) < 4.78 is 17.6. The third-order valence-electron chi connectivity index (χ3n) is 8.23. The van der Waals surface area contributed by atoms with Gasteiger partial charge >= 0.3 is 206 Å². The fourth-order valence-corrected chi connectivity index (χ4v) is 27.2. The molecule has 4 atom stereocenters. The first kappa shape index (κ1) is 30.4. The summed E-state index contributed by atoms with van der Waals surface area (Å²) in [4.78, 5) is 13.1. The van der Waals surface area contributed by atoms with E-state index in [9.17, 15) is 4.79 Å². The van der Waals surface area contributed by atoms with E-state index in [1.54, 1.807) is 0 Å². The van der Waals surface area contributed by atoms with Crippen LogP contribution in [0.4, 0.5) is 0 Å². The first-order valence-corrected chi connectivity index (χ1v) is 24.1. The van der Waals surface area contributed by atoms with E-state index in [1.807, 2.05) is 6.92 Å². The second-order valence-electron chi connectivity index (χ2n) is 11.7. The van der Waals surface area contributed by atoms with Crippen molar-refractivity contribution < 1.29 is 14.0 Å². The molecule has 4 unspecified atom stereocenters. The maximum absolute atomic E-state index is 13.1. The first-order valence-electron chi connectivity index (χ1n) is 13.5. The molecule has 0 aromatic rings. The van der Waals surface area contributed by atoms with Gasteiger partial charge in [-0.3, -0.25) is 0 Å². The molecule has 1 heterocycles. The second-order valence-corrected chi connectivity index (χ2v) is 30.4. The van der Waals surface area contributed by atoms with E-state index in [4.69, 9.17) is 9.16 Å². The standard InChI is InChI=1S/C14H28NO3Si.3C4H9.Sn/c1-8-17-13(16)12-11(9-10(2)15-12)18-19(6,7)14(3,4)5;3*1-3-4-2;/h9-12,15H,8H2,1-7H3;3*1,3-4H2,2H3;. The zero-order valence-electron chi connectivity index (χ0n) is 23.1. The van der Waals surface area contributed by atoms with Crippen LogP contribution in [0.3, 0.4) is 0 Å². The molecule has 4 nitrogen and oxygen atoms in total. The van der Waals surface area contributed by atoms with Gasteiger partial charge in [-0.1, -0.05) is 0 Å². The molecule has 0 radical (unpaired) electrons. The molecule has 0 saturated carbocycles. The number of ether oxygens (including phenoxy) is 1. The molecule has 1 aliphatic rings. The van der Waals surface area contributed by atoms with Gasteiger partial charge in [0.2, 0.25) is 0 Å². The van der Waals surface area contributed by atoms with Crippen molar-refractivity contribution in [1.29, 1.82) is 0 Å². The number of hydrogen-bond donors (Lipinski definition) is 1. The Kier molecular flexibility index (Phi) is 12.8. The zero-order valence-corrected chi connectivity index (χ0v) is 27.0. The molecular formula is C26H55NO3SiSn. The Labute approximate surface area is 205 Å². The van der Waals surface area contributed by atoms with Gasteiger partial charge in [0.1, 0.15) is 0 Å². The Morgan fingerprint density at radius 1 is 0.938 bits per heavy atom. The maximum atomic E-state index is 13.1. The van der Waals surface area contributed by atoms with E-state index >= 15 is 0 Å². The van der Waals surface area contributed by atoms with Crippen molar-refractivity contribution >= 4 is 32.7 Å². The molecule has 1 fully saturated rings. The van der Waals surface area contributed by atoms with Crippen molar-refractivity contribution in [2.75, 3.05) is 6.61 Å². The van der Waals surface area contributed by atoms with E-state index in [0.29, 0.717) is 16.6 Å². The zero-order chi connectivity index (χ0) is 24.6. The van der Waals surface area contributed by atoms with Crippen molar-refractivity contribution in [3.8, 4) is 0 Å². The van der Waals surface area contributed by atoms with Crippen molar-refractivity contribution in [3.63, 3.8) is 0 Å². The summed E-state index contributed by atoms with van der Waals surface area (Å²) in [5.41, 5.74) is 0. The van der Waals surface area contributed by atoms with Gasteiger partial charge in [-0.25, -0.2) is 0 Å². The fourth-order valence-electron chi connectivity index (χ4n) is 5.41. The molecule has 0 aromatic carbocycles. The number of nitrogens with one attached hydrogen (secondary N) is 1. The Bertz CT molecular complexity index is 542. The minimum absolute atomic E-state index is 0.0219. The molecule has 1 N–H and O–H groups in total. The van der Waals surface area contributed by atoms with Crippen LogP contribution >= 0.6 is 0 Å². The number of rotatable bonds is 14. The summed E-state index contributed by atoms with van der Waals surface area (Å²) in [6.45, 7) is 23.3. The van der Waals surface area contributed by atoms with Crippen LogP contribution in [-0.4, -0.2) is 57.5 Å². The number of carbonyl (C=O) groups excluding carboxylic acids is 1. The molecule has 0 aromatic heterocycles. The quantitative estimate of drug-likeness (QED) is 0.172. The van der Waals surface area contributed by atoms with Crippen LogP contribution in [-0.2, 0) is 14.0 Å². The van der Waals surface area contributed by atoms with Crippen LogP contribution in [0.15, 0.2) is 0 Å². The van der Waals surface area contributed by atoms with Crippen molar-refractivity contribution in [3.05, 3.63) is 0 Å². The van der Waals surface area contributed by atoms with Gasteiger partial charge in [-0.2, -0.15) is 0 Å². The number of esters is 1. The van der Waals surface area contributed by atoms with Crippen LogP contribution in [0.5, 0.6) is 0 Å². The molecule has 32 heavy (non-hydrogen) atoms. The van der Waals surface area contributed by atoms with Gasteiger partial charge in [-0.05, 0) is 0 Å². The normalized spacial score (nSPS) is 24.7. The van der Waals surface area contributed by atoms with Gasteiger partial charge in [0.25, 0.3) is 0 Å². The average molecular weight is 577 g/mol. The molecular weight excluding hydrogens is 521 g/mol. The summed E-state index contributed by atoms with van der Waals surface area (Å²) in [6.07, 6.45) is 7.78. The van der Waals surface area contributed by atoms with E-state index in [0.717, 1.165) is 0 Å². The van der Waals surface area contributed by atoms with Gasteiger partial charge in [0.15, 0.2) is 0 Å².